The summed E-state index contributed by atoms with van der Waals surface area (Å²) in [5, 5.41) is 1.12. The normalized spacial score (nSPS) is 11.0. The van der Waals surface area contributed by atoms with Gasteiger partial charge >= 0.3 is 0 Å². The van der Waals surface area contributed by atoms with Crippen LogP contribution in [0.25, 0.3) is 0 Å². The molecule has 0 heterocycles. The minimum atomic E-state index is 0. The molecule has 0 bridgehead atoms. The first-order valence-corrected chi connectivity index (χ1v) is 7.45. The Morgan fingerprint density at radius 2 is 1.71 bits per heavy atom. The molecule has 4 heteroatoms. The van der Waals surface area contributed by atoms with E-state index in [0.717, 1.165) is 12.0 Å². The van der Waals surface area contributed by atoms with Gasteiger partial charge in [-0.3, -0.25) is 0 Å². The van der Waals surface area contributed by atoms with Crippen LogP contribution in [0.1, 0.15) is 36.6 Å². The quantitative estimate of drug-likeness (QED) is 0.739. The molecule has 0 saturated heterocycles. The van der Waals surface area contributed by atoms with E-state index in [0.29, 0.717) is 10.0 Å². The van der Waals surface area contributed by atoms with E-state index in [4.69, 9.17) is 28.9 Å². The van der Waals surface area contributed by atoms with Crippen molar-refractivity contribution >= 4 is 23.2 Å². The molecule has 1 unspecified atom stereocenters. The topological polar surface area (TPSA) is 61.0 Å². The lowest BCUT2D eigenvalue weighted by Gasteiger charge is -2.05. The zero-order chi connectivity index (χ0) is 15.1. The van der Waals surface area contributed by atoms with Crippen molar-refractivity contribution in [3.63, 3.8) is 0 Å². The van der Waals surface area contributed by atoms with Crippen molar-refractivity contribution < 1.29 is 0 Å². The molecule has 0 saturated carbocycles. The SMILES string of the molecule is CC(N)c1ccc(Cl)c(Cl)c1.CCc1cccc(C)c1.N. The highest BCUT2D eigenvalue weighted by molar-refractivity contribution is 6.42. The predicted molar refractivity (Wildman–Crippen MR) is 94.6 cm³/mol. The van der Waals surface area contributed by atoms with Crippen molar-refractivity contribution in [3.05, 3.63) is 69.2 Å². The smallest absolute Gasteiger partial charge is 0.0595 e. The van der Waals surface area contributed by atoms with Gasteiger partial charge in [0.2, 0.25) is 0 Å². The number of nitrogens with two attached hydrogens (primary N) is 1. The van der Waals surface area contributed by atoms with Crippen LogP contribution in [0.15, 0.2) is 42.5 Å². The number of hydrogen-bond donors (Lipinski definition) is 2. The first-order chi connectivity index (χ1) is 9.43. The molecule has 2 nitrogen and oxygen atoms in total. The summed E-state index contributed by atoms with van der Waals surface area (Å²) >= 11 is 11.5. The van der Waals surface area contributed by atoms with E-state index >= 15 is 0 Å². The summed E-state index contributed by atoms with van der Waals surface area (Å²) in [5.41, 5.74) is 9.41. The molecule has 2 aromatic carbocycles. The largest absolute Gasteiger partial charge is 0.344 e. The summed E-state index contributed by atoms with van der Waals surface area (Å²) in [6.07, 6.45) is 1.14. The maximum absolute atomic E-state index is 5.77. The molecule has 0 spiro atoms. The lowest BCUT2D eigenvalue weighted by Crippen LogP contribution is -2.04. The van der Waals surface area contributed by atoms with Crippen LogP contribution in [0.3, 0.4) is 0 Å². The van der Waals surface area contributed by atoms with Gasteiger partial charge in [0.15, 0.2) is 0 Å². The van der Waals surface area contributed by atoms with Gasteiger partial charge in [-0.05, 0) is 43.5 Å². The van der Waals surface area contributed by atoms with Crippen molar-refractivity contribution in [2.24, 2.45) is 5.73 Å². The minimum absolute atomic E-state index is 0. The summed E-state index contributed by atoms with van der Waals surface area (Å²) in [6.45, 7) is 6.20. The molecule has 0 aliphatic carbocycles. The molecular weight excluding hydrogens is 303 g/mol. The fourth-order valence-corrected chi connectivity index (χ4v) is 2.03. The van der Waals surface area contributed by atoms with Gasteiger partial charge in [0, 0.05) is 6.04 Å². The van der Waals surface area contributed by atoms with Gasteiger partial charge in [-0.1, -0.05) is 66.0 Å². The van der Waals surface area contributed by atoms with E-state index in [2.05, 4.69) is 38.1 Å². The third-order valence-corrected chi connectivity index (χ3v) is 3.70. The van der Waals surface area contributed by atoms with E-state index in [9.17, 15) is 0 Å². The van der Waals surface area contributed by atoms with Gasteiger partial charge in [-0.15, -0.1) is 0 Å². The number of hydrogen-bond acceptors (Lipinski definition) is 2. The summed E-state index contributed by atoms with van der Waals surface area (Å²) < 4.78 is 0. The highest BCUT2D eigenvalue weighted by Crippen LogP contribution is 2.24. The molecule has 0 radical (unpaired) electrons. The van der Waals surface area contributed by atoms with E-state index < -0.39 is 0 Å². The Labute approximate surface area is 137 Å². The van der Waals surface area contributed by atoms with Gasteiger partial charge in [0.25, 0.3) is 0 Å². The van der Waals surface area contributed by atoms with Gasteiger partial charge in [-0.2, -0.15) is 0 Å². The zero-order valence-electron chi connectivity index (χ0n) is 12.9. The Hall–Kier alpha value is -1.06. The second kappa shape index (κ2) is 9.80. The van der Waals surface area contributed by atoms with Crippen molar-refractivity contribution in [1.82, 2.24) is 6.15 Å². The van der Waals surface area contributed by atoms with E-state index in [1.807, 2.05) is 13.0 Å². The molecule has 2 aromatic rings. The third kappa shape index (κ3) is 6.96. The number of halogens is 2. The summed E-state index contributed by atoms with van der Waals surface area (Å²) in [4.78, 5) is 0. The Kier molecular flexibility index (Phi) is 9.31. The Morgan fingerprint density at radius 3 is 2.14 bits per heavy atom. The molecule has 5 N–H and O–H groups in total. The van der Waals surface area contributed by atoms with Crippen LogP contribution in [-0.2, 0) is 6.42 Å². The van der Waals surface area contributed by atoms with Crippen LogP contribution in [0.5, 0.6) is 0 Å². The van der Waals surface area contributed by atoms with Crippen LogP contribution < -0.4 is 11.9 Å². The average molecular weight is 327 g/mol. The third-order valence-electron chi connectivity index (χ3n) is 2.96. The van der Waals surface area contributed by atoms with Crippen LogP contribution in [-0.4, -0.2) is 0 Å². The van der Waals surface area contributed by atoms with Crippen molar-refractivity contribution in [1.29, 1.82) is 0 Å². The standard InChI is InChI=1S/C9H12.C8H9Cl2N.H3N/c1-3-9-6-4-5-8(2)7-9;1-5(11)6-2-3-7(9)8(10)4-6;/h4-7H,3H2,1-2H3;2-5H,11H2,1H3;1H3. The van der Waals surface area contributed by atoms with Crippen LogP contribution in [0.2, 0.25) is 10.0 Å². The van der Waals surface area contributed by atoms with Gasteiger partial charge in [-0.25, -0.2) is 0 Å². The second-order valence-corrected chi connectivity index (χ2v) is 5.62. The van der Waals surface area contributed by atoms with Gasteiger partial charge in [0.1, 0.15) is 0 Å². The first-order valence-electron chi connectivity index (χ1n) is 6.70. The van der Waals surface area contributed by atoms with Crippen LogP contribution >= 0.6 is 23.2 Å². The molecule has 0 amide bonds. The van der Waals surface area contributed by atoms with Gasteiger partial charge in [0.05, 0.1) is 10.0 Å². The molecule has 116 valence electrons. The predicted octanol–water partition coefficient (Wildman–Crippen LogP) is 5.73. The second-order valence-electron chi connectivity index (χ2n) is 4.80. The molecule has 0 aliphatic heterocycles. The Balaban J connectivity index is 0.000000370. The average Bonchev–Trinajstić information content (AvgIpc) is 2.42. The molecule has 0 aliphatic rings. The fourth-order valence-electron chi connectivity index (χ4n) is 1.73. The highest BCUT2D eigenvalue weighted by Gasteiger charge is 2.01. The van der Waals surface area contributed by atoms with Crippen molar-refractivity contribution in [3.8, 4) is 0 Å². The Morgan fingerprint density at radius 1 is 1.05 bits per heavy atom. The maximum atomic E-state index is 5.77. The zero-order valence-corrected chi connectivity index (χ0v) is 14.4. The fraction of sp³-hybridized carbons (Fsp3) is 0.294. The molecule has 0 fully saturated rings. The number of rotatable bonds is 2. The first kappa shape index (κ1) is 19.9. The van der Waals surface area contributed by atoms with Crippen LogP contribution in [0, 0.1) is 6.92 Å². The molecule has 1 atom stereocenters. The minimum Gasteiger partial charge on any atom is -0.344 e. The maximum Gasteiger partial charge on any atom is 0.0595 e. The van der Waals surface area contributed by atoms with Crippen molar-refractivity contribution in [2.45, 2.75) is 33.2 Å². The molecule has 21 heavy (non-hydrogen) atoms. The van der Waals surface area contributed by atoms with E-state index in [-0.39, 0.29) is 12.2 Å². The summed E-state index contributed by atoms with van der Waals surface area (Å²) in [5.74, 6) is 0. The highest BCUT2D eigenvalue weighted by atomic mass is 35.5. The lowest BCUT2D eigenvalue weighted by atomic mass is 10.1. The Bertz CT molecular complexity index is 554. The molecule has 0 aromatic heterocycles. The lowest BCUT2D eigenvalue weighted by molar-refractivity contribution is 0.818. The summed E-state index contributed by atoms with van der Waals surface area (Å²) in [7, 11) is 0. The van der Waals surface area contributed by atoms with Gasteiger partial charge < -0.3 is 11.9 Å². The van der Waals surface area contributed by atoms with Crippen LogP contribution in [0.4, 0.5) is 0 Å². The monoisotopic (exact) mass is 326 g/mol. The summed E-state index contributed by atoms with van der Waals surface area (Å²) in [6, 6.07) is 14.0. The molecule has 2 rings (SSSR count). The number of aryl methyl sites for hydroxylation is 2. The molecular formula is C17H24Cl2N2. The number of benzene rings is 2. The van der Waals surface area contributed by atoms with Crippen molar-refractivity contribution in [2.75, 3.05) is 0 Å². The van der Waals surface area contributed by atoms with E-state index in [1.54, 1.807) is 12.1 Å². The van der Waals surface area contributed by atoms with E-state index in [1.165, 1.54) is 11.1 Å².